The van der Waals surface area contributed by atoms with Crippen LogP contribution < -0.4 is 5.32 Å². The van der Waals surface area contributed by atoms with Gasteiger partial charge in [-0.3, -0.25) is 4.79 Å². The van der Waals surface area contributed by atoms with Crippen molar-refractivity contribution >= 4 is 5.91 Å². The zero-order valence-corrected chi connectivity index (χ0v) is 11.6. The highest BCUT2D eigenvalue weighted by atomic mass is 19.1. The third-order valence-corrected chi connectivity index (χ3v) is 3.16. The molecule has 0 radical (unpaired) electrons. The van der Waals surface area contributed by atoms with Crippen molar-refractivity contribution in [2.24, 2.45) is 0 Å². The molecule has 1 atom stereocenters. The van der Waals surface area contributed by atoms with Gasteiger partial charge in [-0.2, -0.15) is 0 Å². The van der Waals surface area contributed by atoms with E-state index in [4.69, 9.17) is 0 Å². The average Bonchev–Trinajstić information content (AvgIpc) is 2.47. The number of amides is 1. The summed E-state index contributed by atoms with van der Waals surface area (Å²) in [5.74, 6) is -0.584. The summed E-state index contributed by atoms with van der Waals surface area (Å²) >= 11 is 0. The van der Waals surface area contributed by atoms with E-state index in [1.807, 2.05) is 30.3 Å². The number of aliphatic hydroxyl groups is 1. The quantitative estimate of drug-likeness (QED) is 0.854. The molecule has 0 unspecified atom stereocenters. The van der Waals surface area contributed by atoms with Gasteiger partial charge in [-0.15, -0.1) is 0 Å². The van der Waals surface area contributed by atoms with Crippen molar-refractivity contribution in [1.29, 1.82) is 0 Å². The predicted octanol–water partition coefficient (Wildman–Crippen LogP) is 2.09. The number of benzene rings is 2. The van der Waals surface area contributed by atoms with Crippen molar-refractivity contribution in [2.75, 3.05) is 6.61 Å². The van der Waals surface area contributed by atoms with E-state index in [1.54, 1.807) is 12.1 Å². The maximum Gasteiger partial charge on any atom is 0.224 e. The molecule has 0 bridgehead atoms. The highest BCUT2D eigenvalue weighted by molar-refractivity contribution is 5.78. The molecule has 110 valence electrons. The van der Waals surface area contributed by atoms with Crippen LogP contribution in [0.5, 0.6) is 0 Å². The number of halogens is 1. The zero-order chi connectivity index (χ0) is 15.1. The largest absolute Gasteiger partial charge is 0.394 e. The monoisotopic (exact) mass is 287 g/mol. The maximum absolute atomic E-state index is 13.1. The molecule has 2 aromatic carbocycles. The van der Waals surface area contributed by atoms with E-state index < -0.39 is 0 Å². The van der Waals surface area contributed by atoms with E-state index >= 15 is 0 Å². The molecule has 21 heavy (non-hydrogen) atoms. The lowest BCUT2D eigenvalue weighted by Crippen LogP contribution is -2.39. The second-order valence-corrected chi connectivity index (χ2v) is 4.94. The Balaban J connectivity index is 1.90. The highest BCUT2D eigenvalue weighted by Crippen LogP contribution is 2.06. The van der Waals surface area contributed by atoms with Gasteiger partial charge in [0.05, 0.1) is 19.1 Å². The molecular formula is C17H18FNO2. The summed E-state index contributed by atoms with van der Waals surface area (Å²) in [6, 6.07) is 15.3. The normalized spacial score (nSPS) is 11.9. The van der Waals surface area contributed by atoms with E-state index in [1.165, 1.54) is 12.1 Å². The minimum absolute atomic E-state index is 0.100. The Labute approximate surface area is 123 Å². The minimum Gasteiger partial charge on any atom is -0.394 e. The zero-order valence-electron chi connectivity index (χ0n) is 11.6. The van der Waals surface area contributed by atoms with E-state index in [2.05, 4.69) is 5.32 Å². The fraction of sp³-hybridized carbons (Fsp3) is 0.235. The molecule has 0 saturated heterocycles. The van der Waals surface area contributed by atoms with Gasteiger partial charge in [0, 0.05) is 0 Å². The first-order valence-corrected chi connectivity index (χ1v) is 6.86. The molecular weight excluding hydrogens is 269 g/mol. The van der Waals surface area contributed by atoms with Crippen LogP contribution >= 0.6 is 0 Å². The van der Waals surface area contributed by atoms with Gasteiger partial charge >= 0.3 is 0 Å². The first kappa shape index (κ1) is 15.2. The van der Waals surface area contributed by atoms with Crippen molar-refractivity contribution in [2.45, 2.75) is 18.9 Å². The molecule has 3 nitrogen and oxygen atoms in total. The molecule has 0 heterocycles. The molecule has 0 aliphatic heterocycles. The molecule has 0 aliphatic carbocycles. The van der Waals surface area contributed by atoms with Crippen LogP contribution in [-0.4, -0.2) is 23.7 Å². The Hall–Kier alpha value is -2.20. The van der Waals surface area contributed by atoms with Gasteiger partial charge in [-0.25, -0.2) is 4.39 Å². The lowest BCUT2D eigenvalue weighted by Gasteiger charge is -2.16. The molecule has 4 heteroatoms. The Kier molecular flexibility index (Phi) is 5.46. The summed E-state index contributed by atoms with van der Waals surface area (Å²) < 4.78 is 13.1. The summed E-state index contributed by atoms with van der Waals surface area (Å²) in [6.45, 7) is -0.135. The second-order valence-electron chi connectivity index (χ2n) is 4.94. The Morgan fingerprint density at radius 2 is 1.81 bits per heavy atom. The minimum atomic E-state index is -0.358. The summed E-state index contributed by atoms with van der Waals surface area (Å²) in [5, 5.41) is 12.1. The summed E-state index contributed by atoms with van der Waals surface area (Å²) in [5.41, 5.74) is 1.66. The molecule has 0 saturated carbocycles. The fourth-order valence-electron chi connectivity index (χ4n) is 2.17. The summed E-state index contributed by atoms with van der Waals surface area (Å²) in [4.78, 5) is 11.9. The maximum atomic E-state index is 13.1. The second kappa shape index (κ2) is 7.55. The van der Waals surface area contributed by atoms with Gasteiger partial charge in [-0.1, -0.05) is 42.5 Å². The number of aliphatic hydroxyl groups excluding tert-OH is 1. The Morgan fingerprint density at radius 1 is 1.10 bits per heavy atom. The predicted molar refractivity (Wildman–Crippen MR) is 79.3 cm³/mol. The van der Waals surface area contributed by atoms with Crippen LogP contribution in [0.25, 0.3) is 0 Å². The molecule has 0 fully saturated rings. The van der Waals surface area contributed by atoms with Gasteiger partial charge in [-0.05, 0) is 29.7 Å². The van der Waals surface area contributed by atoms with Crippen molar-refractivity contribution in [3.8, 4) is 0 Å². The Morgan fingerprint density at radius 3 is 2.48 bits per heavy atom. The standard InChI is InChI=1S/C17H18FNO2/c18-15-8-4-7-14(9-15)11-17(21)19-16(12-20)10-13-5-2-1-3-6-13/h1-9,16,20H,10-12H2,(H,19,21)/t16-/m1/s1. The van der Waals surface area contributed by atoms with Crippen molar-refractivity contribution in [3.63, 3.8) is 0 Å². The topological polar surface area (TPSA) is 49.3 Å². The molecule has 1 amide bonds. The van der Waals surface area contributed by atoms with E-state index in [-0.39, 0.29) is 30.8 Å². The fourth-order valence-corrected chi connectivity index (χ4v) is 2.17. The first-order chi connectivity index (χ1) is 10.2. The molecule has 0 spiro atoms. The van der Waals surface area contributed by atoms with Crippen LogP contribution in [0, 0.1) is 5.82 Å². The van der Waals surface area contributed by atoms with Gasteiger partial charge in [0.15, 0.2) is 0 Å². The van der Waals surface area contributed by atoms with Crippen molar-refractivity contribution < 1.29 is 14.3 Å². The smallest absolute Gasteiger partial charge is 0.224 e. The van der Waals surface area contributed by atoms with Gasteiger partial charge in [0.1, 0.15) is 5.82 Å². The molecule has 2 rings (SSSR count). The van der Waals surface area contributed by atoms with Crippen molar-refractivity contribution in [1.82, 2.24) is 5.32 Å². The number of hydrogen-bond acceptors (Lipinski definition) is 2. The molecule has 0 aromatic heterocycles. The number of rotatable bonds is 6. The van der Waals surface area contributed by atoms with Crippen LogP contribution in [0.1, 0.15) is 11.1 Å². The third-order valence-electron chi connectivity index (χ3n) is 3.16. The SMILES string of the molecule is O=C(Cc1cccc(F)c1)N[C@@H](CO)Cc1ccccc1. The lowest BCUT2D eigenvalue weighted by molar-refractivity contribution is -0.121. The first-order valence-electron chi connectivity index (χ1n) is 6.86. The lowest BCUT2D eigenvalue weighted by atomic mass is 10.1. The van der Waals surface area contributed by atoms with E-state index in [9.17, 15) is 14.3 Å². The number of carbonyl (C=O) groups is 1. The van der Waals surface area contributed by atoms with Gasteiger partial charge < -0.3 is 10.4 Å². The van der Waals surface area contributed by atoms with Crippen LogP contribution in [0.2, 0.25) is 0 Å². The van der Waals surface area contributed by atoms with Crippen molar-refractivity contribution in [3.05, 3.63) is 71.5 Å². The number of hydrogen-bond donors (Lipinski definition) is 2. The van der Waals surface area contributed by atoms with Gasteiger partial charge in [0.25, 0.3) is 0 Å². The molecule has 2 aromatic rings. The Bertz CT molecular complexity index is 586. The van der Waals surface area contributed by atoms with E-state index in [0.717, 1.165) is 5.56 Å². The van der Waals surface area contributed by atoms with Crippen LogP contribution in [0.3, 0.4) is 0 Å². The summed E-state index contributed by atoms with van der Waals surface area (Å²) in [6.07, 6.45) is 0.662. The average molecular weight is 287 g/mol. The third kappa shape index (κ3) is 5.00. The van der Waals surface area contributed by atoms with Crippen LogP contribution in [0.15, 0.2) is 54.6 Å². The molecule has 0 aliphatic rings. The van der Waals surface area contributed by atoms with Crippen LogP contribution in [0.4, 0.5) is 4.39 Å². The highest BCUT2D eigenvalue weighted by Gasteiger charge is 2.12. The molecule has 2 N–H and O–H groups in total. The van der Waals surface area contributed by atoms with E-state index in [0.29, 0.717) is 12.0 Å². The summed E-state index contributed by atoms with van der Waals surface area (Å²) in [7, 11) is 0. The van der Waals surface area contributed by atoms with Gasteiger partial charge in [0.2, 0.25) is 5.91 Å². The number of carbonyl (C=O) groups excluding carboxylic acids is 1. The number of nitrogens with one attached hydrogen (secondary N) is 1. The van der Waals surface area contributed by atoms with Crippen LogP contribution in [-0.2, 0) is 17.6 Å².